The molecule has 3 aromatic heterocycles. The largest absolute Gasteiger partial charge is 0.353 e. The molecule has 122 valence electrons. The van der Waals surface area contributed by atoms with Crippen LogP contribution in [0.5, 0.6) is 0 Å². The number of anilines is 1. The fourth-order valence-corrected chi connectivity index (χ4v) is 2.89. The molecule has 0 N–H and O–H groups in total. The summed E-state index contributed by atoms with van der Waals surface area (Å²) in [6.07, 6.45) is 10.9. The standard InChI is InChI=1S/C17H19N7/c1-4-20-24(7-1)17-13-19-12-16(21-17)23-10-8-22(9-11-23)14-15-2-5-18-6-3-15/h1-7,12-13H,8-11,14H2. The van der Waals surface area contributed by atoms with Gasteiger partial charge in [0.2, 0.25) is 0 Å². The first-order valence-corrected chi connectivity index (χ1v) is 8.07. The molecule has 0 bridgehead atoms. The van der Waals surface area contributed by atoms with Gasteiger partial charge in [0.1, 0.15) is 5.82 Å². The zero-order chi connectivity index (χ0) is 16.2. The molecule has 1 aliphatic rings. The van der Waals surface area contributed by atoms with Crippen molar-refractivity contribution >= 4 is 5.82 Å². The molecule has 3 aromatic rings. The molecule has 24 heavy (non-hydrogen) atoms. The van der Waals surface area contributed by atoms with Gasteiger partial charge in [-0.05, 0) is 23.8 Å². The molecule has 0 aromatic carbocycles. The molecule has 1 fully saturated rings. The fraction of sp³-hybridized carbons (Fsp3) is 0.294. The Balaban J connectivity index is 1.40. The summed E-state index contributed by atoms with van der Waals surface area (Å²) in [4.78, 5) is 17.8. The minimum absolute atomic E-state index is 0.747. The van der Waals surface area contributed by atoms with Crippen LogP contribution in [0.3, 0.4) is 0 Å². The van der Waals surface area contributed by atoms with Gasteiger partial charge in [-0.25, -0.2) is 9.67 Å². The van der Waals surface area contributed by atoms with Crippen LogP contribution < -0.4 is 4.90 Å². The smallest absolute Gasteiger partial charge is 0.173 e. The average molecular weight is 321 g/mol. The third kappa shape index (κ3) is 3.26. The van der Waals surface area contributed by atoms with E-state index in [4.69, 9.17) is 0 Å². The second-order valence-electron chi connectivity index (χ2n) is 5.80. The molecule has 0 unspecified atom stereocenters. The minimum Gasteiger partial charge on any atom is -0.353 e. The Morgan fingerprint density at radius 2 is 1.67 bits per heavy atom. The lowest BCUT2D eigenvalue weighted by atomic mass is 10.2. The van der Waals surface area contributed by atoms with Crippen LogP contribution >= 0.6 is 0 Å². The van der Waals surface area contributed by atoms with E-state index in [1.54, 1.807) is 17.1 Å². The number of hydrogen-bond acceptors (Lipinski definition) is 6. The van der Waals surface area contributed by atoms with Gasteiger partial charge in [-0.3, -0.25) is 14.9 Å². The highest BCUT2D eigenvalue weighted by atomic mass is 15.3. The Labute approximate surface area is 140 Å². The van der Waals surface area contributed by atoms with E-state index in [0.717, 1.165) is 44.4 Å². The summed E-state index contributed by atoms with van der Waals surface area (Å²) in [5.74, 6) is 1.66. The summed E-state index contributed by atoms with van der Waals surface area (Å²) in [6, 6.07) is 6.03. The van der Waals surface area contributed by atoms with Gasteiger partial charge in [-0.2, -0.15) is 5.10 Å². The van der Waals surface area contributed by atoms with Crippen molar-refractivity contribution in [2.45, 2.75) is 6.54 Å². The molecule has 0 amide bonds. The molecule has 0 spiro atoms. The van der Waals surface area contributed by atoms with Crippen LogP contribution in [0.1, 0.15) is 5.56 Å². The van der Waals surface area contributed by atoms with Gasteiger partial charge >= 0.3 is 0 Å². The third-order valence-electron chi connectivity index (χ3n) is 4.20. The van der Waals surface area contributed by atoms with Gasteiger partial charge in [-0.1, -0.05) is 0 Å². The Kier molecular flexibility index (Phi) is 4.16. The predicted octanol–water partition coefficient (Wildman–Crippen LogP) is 1.38. The lowest BCUT2D eigenvalue weighted by Gasteiger charge is -2.35. The number of aromatic nitrogens is 5. The summed E-state index contributed by atoms with van der Waals surface area (Å²) in [7, 11) is 0. The lowest BCUT2D eigenvalue weighted by molar-refractivity contribution is 0.249. The first-order chi connectivity index (χ1) is 11.9. The molecular formula is C17H19N7. The topological polar surface area (TPSA) is 63.0 Å². The zero-order valence-electron chi connectivity index (χ0n) is 13.4. The van der Waals surface area contributed by atoms with Gasteiger partial charge < -0.3 is 4.90 Å². The highest BCUT2D eigenvalue weighted by Crippen LogP contribution is 2.15. The SMILES string of the molecule is c1cnn(-c2cncc(N3CCN(Cc4ccncc4)CC3)n2)c1. The number of hydrogen-bond donors (Lipinski definition) is 0. The van der Waals surface area contributed by atoms with Crippen molar-refractivity contribution in [2.75, 3.05) is 31.1 Å². The molecular weight excluding hydrogens is 302 g/mol. The van der Waals surface area contributed by atoms with Gasteiger partial charge in [0, 0.05) is 57.5 Å². The molecule has 1 aliphatic heterocycles. The molecule has 1 saturated heterocycles. The van der Waals surface area contributed by atoms with Gasteiger partial charge in [0.15, 0.2) is 5.82 Å². The van der Waals surface area contributed by atoms with Crippen LogP contribution in [0.15, 0.2) is 55.4 Å². The zero-order valence-corrected chi connectivity index (χ0v) is 13.4. The van der Waals surface area contributed by atoms with E-state index in [-0.39, 0.29) is 0 Å². The van der Waals surface area contributed by atoms with Gasteiger partial charge in [0.05, 0.1) is 12.4 Å². The highest BCUT2D eigenvalue weighted by molar-refractivity contribution is 5.39. The van der Waals surface area contributed by atoms with Crippen molar-refractivity contribution < 1.29 is 0 Å². The maximum atomic E-state index is 4.69. The second-order valence-corrected chi connectivity index (χ2v) is 5.80. The molecule has 7 heteroatoms. The maximum Gasteiger partial charge on any atom is 0.173 e. The fourth-order valence-electron chi connectivity index (χ4n) is 2.89. The highest BCUT2D eigenvalue weighted by Gasteiger charge is 2.18. The van der Waals surface area contributed by atoms with Gasteiger partial charge in [-0.15, -0.1) is 0 Å². The van der Waals surface area contributed by atoms with Crippen LogP contribution in [0.4, 0.5) is 5.82 Å². The van der Waals surface area contributed by atoms with Crippen molar-refractivity contribution in [3.63, 3.8) is 0 Å². The van der Waals surface area contributed by atoms with E-state index in [0.29, 0.717) is 0 Å². The Bertz CT molecular complexity index is 765. The third-order valence-corrected chi connectivity index (χ3v) is 4.20. The summed E-state index contributed by atoms with van der Waals surface area (Å²) >= 11 is 0. The number of nitrogens with zero attached hydrogens (tertiary/aromatic N) is 7. The summed E-state index contributed by atoms with van der Waals surface area (Å²) in [6.45, 7) is 4.88. The average Bonchev–Trinajstić information content (AvgIpc) is 3.18. The summed E-state index contributed by atoms with van der Waals surface area (Å²) in [5.41, 5.74) is 1.30. The predicted molar refractivity (Wildman–Crippen MR) is 90.9 cm³/mol. The first kappa shape index (κ1) is 14.8. The van der Waals surface area contributed by atoms with Crippen molar-refractivity contribution in [3.05, 3.63) is 60.9 Å². The van der Waals surface area contributed by atoms with E-state index in [1.165, 1.54) is 5.56 Å². The van der Waals surface area contributed by atoms with Crippen molar-refractivity contribution in [1.82, 2.24) is 29.6 Å². The normalized spacial score (nSPS) is 15.6. The second kappa shape index (κ2) is 6.76. The minimum atomic E-state index is 0.747. The Hall–Kier alpha value is -2.80. The molecule has 4 rings (SSSR count). The molecule has 4 heterocycles. The van der Waals surface area contributed by atoms with Crippen LogP contribution in [0.25, 0.3) is 5.82 Å². The maximum absolute atomic E-state index is 4.69. The van der Waals surface area contributed by atoms with Crippen LogP contribution in [0.2, 0.25) is 0 Å². The first-order valence-electron chi connectivity index (χ1n) is 8.07. The van der Waals surface area contributed by atoms with Crippen molar-refractivity contribution in [1.29, 1.82) is 0 Å². The molecule has 0 atom stereocenters. The Morgan fingerprint density at radius 3 is 2.42 bits per heavy atom. The number of rotatable bonds is 4. The van der Waals surface area contributed by atoms with E-state index < -0.39 is 0 Å². The quantitative estimate of drug-likeness (QED) is 0.723. The lowest BCUT2D eigenvalue weighted by Crippen LogP contribution is -2.46. The van der Waals surface area contributed by atoms with E-state index >= 15 is 0 Å². The Morgan fingerprint density at radius 1 is 0.875 bits per heavy atom. The molecule has 0 aliphatic carbocycles. The van der Waals surface area contributed by atoms with Crippen LogP contribution in [-0.4, -0.2) is 55.8 Å². The van der Waals surface area contributed by atoms with E-state index in [1.807, 2.05) is 30.9 Å². The van der Waals surface area contributed by atoms with Gasteiger partial charge in [0.25, 0.3) is 0 Å². The molecule has 0 radical (unpaired) electrons. The monoisotopic (exact) mass is 321 g/mol. The van der Waals surface area contributed by atoms with Crippen molar-refractivity contribution in [2.24, 2.45) is 0 Å². The number of pyridine rings is 1. The molecule has 0 saturated carbocycles. The number of piperazine rings is 1. The summed E-state index contributed by atoms with van der Waals surface area (Å²) < 4.78 is 1.73. The molecule has 7 nitrogen and oxygen atoms in total. The van der Waals surface area contributed by atoms with Crippen LogP contribution in [-0.2, 0) is 6.54 Å². The summed E-state index contributed by atoms with van der Waals surface area (Å²) in [5, 5.41) is 4.21. The van der Waals surface area contributed by atoms with Crippen LogP contribution in [0, 0.1) is 0 Å². The van der Waals surface area contributed by atoms with E-state index in [9.17, 15) is 0 Å². The van der Waals surface area contributed by atoms with E-state index in [2.05, 4.69) is 42.0 Å². The van der Waals surface area contributed by atoms with Crippen molar-refractivity contribution in [3.8, 4) is 5.82 Å².